The molecule has 0 radical (unpaired) electrons. The molecular formula is C13H13NS. The maximum Gasteiger partial charge on any atom is 0.110 e. The largest absolute Gasteiger partial charge is 0.192 e. The van der Waals surface area contributed by atoms with E-state index in [2.05, 4.69) is 25.1 Å². The average molecular weight is 215 g/mol. The molecule has 1 heterocycles. The van der Waals surface area contributed by atoms with Crippen LogP contribution in [0, 0.1) is 11.3 Å². The highest BCUT2D eigenvalue weighted by Crippen LogP contribution is 2.31. The number of hydrogen-bond donors (Lipinski definition) is 0. The minimum atomic E-state index is 0.893. The van der Waals surface area contributed by atoms with Crippen LogP contribution >= 0.6 is 11.3 Å². The summed E-state index contributed by atoms with van der Waals surface area (Å²) in [6.45, 7) is 2.18. The molecule has 1 aromatic heterocycles. The molecule has 0 amide bonds. The molecular weight excluding hydrogens is 202 g/mol. The molecule has 0 aliphatic rings. The number of hydrogen-bond acceptors (Lipinski definition) is 2. The summed E-state index contributed by atoms with van der Waals surface area (Å²) < 4.78 is 1.24. The van der Waals surface area contributed by atoms with E-state index in [0.29, 0.717) is 0 Å². The van der Waals surface area contributed by atoms with Gasteiger partial charge in [0.25, 0.3) is 0 Å². The van der Waals surface area contributed by atoms with Crippen LogP contribution in [0.3, 0.4) is 0 Å². The average Bonchev–Trinajstić information content (AvgIpc) is 2.64. The summed E-state index contributed by atoms with van der Waals surface area (Å²) in [6.07, 6.45) is 3.37. The second-order valence-electron chi connectivity index (χ2n) is 3.62. The van der Waals surface area contributed by atoms with Crippen molar-refractivity contribution in [1.82, 2.24) is 0 Å². The summed E-state index contributed by atoms with van der Waals surface area (Å²) in [4.78, 5) is 0.893. The van der Waals surface area contributed by atoms with E-state index in [9.17, 15) is 0 Å². The Kier molecular flexibility index (Phi) is 3.03. The van der Waals surface area contributed by atoms with Crippen molar-refractivity contribution in [3.63, 3.8) is 0 Å². The maximum absolute atomic E-state index is 9.08. The van der Waals surface area contributed by atoms with Crippen LogP contribution in [-0.4, -0.2) is 0 Å². The van der Waals surface area contributed by atoms with E-state index in [4.69, 9.17) is 5.26 Å². The van der Waals surface area contributed by atoms with Gasteiger partial charge in [-0.25, -0.2) is 0 Å². The summed E-state index contributed by atoms with van der Waals surface area (Å²) in [5.74, 6) is 0. The molecule has 0 N–H and O–H groups in total. The third-order valence-corrected chi connectivity index (χ3v) is 3.70. The summed E-state index contributed by atoms with van der Waals surface area (Å²) >= 11 is 1.61. The molecule has 0 spiro atoms. The van der Waals surface area contributed by atoms with Gasteiger partial charge in [-0.1, -0.05) is 31.5 Å². The fourth-order valence-electron chi connectivity index (χ4n) is 1.79. The lowest BCUT2D eigenvalue weighted by molar-refractivity contribution is 0.799. The van der Waals surface area contributed by atoms with E-state index in [1.54, 1.807) is 11.3 Å². The molecule has 0 fully saturated rings. The summed E-state index contributed by atoms with van der Waals surface area (Å²) in [6, 6.07) is 10.6. The van der Waals surface area contributed by atoms with E-state index >= 15 is 0 Å². The highest BCUT2D eigenvalue weighted by Gasteiger charge is 2.10. The maximum atomic E-state index is 9.08. The lowest BCUT2D eigenvalue weighted by Gasteiger charge is -1.98. The van der Waals surface area contributed by atoms with Crippen molar-refractivity contribution in [2.75, 3.05) is 0 Å². The first kappa shape index (κ1) is 10.2. The van der Waals surface area contributed by atoms with Crippen molar-refractivity contribution in [3.8, 4) is 6.07 Å². The third-order valence-electron chi connectivity index (χ3n) is 2.58. The van der Waals surface area contributed by atoms with Gasteiger partial charge in [0.1, 0.15) is 10.9 Å². The zero-order valence-corrected chi connectivity index (χ0v) is 9.60. The molecule has 1 aromatic carbocycles. The number of nitriles is 1. The summed E-state index contributed by atoms with van der Waals surface area (Å²) in [5, 5.41) is 10.4. The highest BCUT2D eigenvalue weighted by molar-refractivity contribution is 7.19. The van der Waals surface area contributed by atoms with Crippen LogP contribution in [0.15, 0.2) is 24.3 Å². The first-order valence-corrected chi connectivity index (χ1v) is 6.09. The molecule has 0 saturated carbocycles. The van der Waals surface area contributed by atoms with Crippen molar-refractivity contribution in [2.45, 2.75) is 26.2 Å². The van der Waals surface area contributed by atoms with Gasteiger partial charge in [0, 0.05) is 4.70 Å². The van der Waals surface area contributed by atoms with Gasteiger partial charge in [0.2, 0.25) is 0 Å². The van der Waals surface area contributed by atoms with Crippen molar-refractivity contribution in [2.24, 2.45) is 0 Å². The van der Waals surface area contributed by atoms with Crippen LogP contribution in [0.5, 0.6) is 0 Å². The smallest absolute Gasteiger partial charge is 0.110 e. The molecule has 0 atom stereocenters. The quantitative estimate of drug-likeness (QED) is 0.755. The first-order valence-electron chi connectivity index (χ1n) is 5.27. The Morgan fingerprint density at radius 1 is 1.33 bits per heavy atom. The SMILES string of the molecule is CCCCc1c(C#N)sc2ccccc12. The predicted octanol–water partition coefficient (Wildman–Crippen LogP) is 4.12. The van der Waals surface area contributed by atoms with E-state index in [-0.39, 0.29) is 0 Å². The predicted molar refractivity (Wildman–Crippen MR) is 65.2 cm³/mol. The third kappa shape index (κ3) is 1.88. The molecule has 76 valence electrons. The van der Waals surface area contributed by atoms with E-state index in [0.717, 1.165) is 17.7 Å². The molecule has 0 aliphatic heterocycles. The number of thiophene rings is 1. The van der Waals surface area contributed by atoms with Crippen molar-refractivity contribution < 1.29 is 0 Å². The fourth-order valence-corrected chi connectivity index (χ4v) is 2.84. The molecule has 2 rings (SSSR count). The van der Waals surface area contributed by atoms with Gasteiger partial charge in [0.15, 0.2) is 0 Å². The van der Waals surface area contributed by atoms with Gasteiger partial charge in [-0.15, -0.1) is 11.3 Å². The fraction of sp³-hybridized carbons (Fsp3) is 0.308. The Hall–Kier alpha value is -1.33. The Morgan fingerprint density at radius 3 is 2.87 bits per heavy atom. The zero-order valence-electron chi connectivity index (χ0n) is 8.79. The Bertz CT molecular complexity index is 505. The molecule has 0 aliphatic carbocycles. The molecule has 0 saturated heterocycles. The topological polar surface area (TPSA) is 23.8 Å². The van der Waals surface area contributed by atoms with Crippen LogP contribution in [0.1, 0.15) is 30.2 Å². The van der Waals surface area contributed by atoms with Gasteiger partial charge >= 0.3 is 0 Å². The van der Waals surface area contributed by atoms with Gasteiger partial charge in [-0.3, -0.25) is 0 Å². The number of fused-ring (bicyclic) bond motifs is 1. The summed E-state index contributed by atoms with van der Waals surface area (Å²) in [5.41, 5.74) is 1.25. The van der Waals surface area contributed by atoms with Crippen LogP contribution in [0.25, 0.3) is 10.1 Å². The second-order valence-corrected chi connectivity index (χ2v) is 4.67. The van der Waals surface area contributed by atoms with Crippen LogP contribution in [0.4, 0.5) is 0 Å². The lowest BCUT2D eigenvalue weighted by Crippen LogP contribution is -1.85. The molecule has 1 nitrogen and oxygen atoms in total. The number of unbranched alkanes of at least 4 members (excludes halogenated alkanes) is 1. The highest BCUT2D eigenvalue weighted by atomic mass is 32.1. The number of aryl methyl sites for hydroxylation is 1. The van der Waals surface area contributed by atoms with Crippen LogP contribution in [-0.2, 0) is 6.42 Å². The van der Waals surface area contributed by atoms with Crippen molar-refractivity contribution in [3.05, 3.63) is 34.7 Å². The van der Waals surface area contributed by atoms with Gasteiger partial charge in [-0.05, 0) is 29.9 Å². The van der Waals surface area contributed by atoms with Gasteiger partial charge in [0.05, 0.1) is 0 Å². The molecule has 15 heavy (non-hydrogen) atoms. The molecule has 2 aromatic rings. The van der Waals surface area contributed by atoms with Crippen molar-refractivity contribution >= 4 is 21.4 Å². The molecule has 0 unspecified atom stereocenters. The van der Waals surface area contributed by atoms with E-state index in [1.807, 2.05) is 12.1 Å². The Morgan fingerprint density at radius 2 is 2.13 bits per heavy atom. The molecule has 2 heteroatoms. The van der Waals surface area contributed by atoms with Crippen molar-refractivity contribution in [1.29, 1.82) is 5.26 Å². The Labute approximate surface area is 94.0 Å². The first-order chi connectivity index (χ1) is 7.36. The minimum absolute atomic E-state index is 0.893. The van der Waals surface area contributed by atoms with E-state index < -0.39 is 0 Å². The molecule has 0 bridgehead atoms. The lowest BCUT2D eigenvalue weighted by atomic mass is 10.1. The number of nitrogens with zero attached hydrogens (tertiary/aromatic N) is 1. The van der Waals surface area contributed by atoms with E-state index in [1.165, 1.54) is 22.1 Å². The minimum Gasteiger partial charge on any atom is -0.192 e. The number of benzene rings is 1. The Balaban J connectivity index is 2.53. The van der Waals surface area contributed by atoms with Crippen LogP contribution in [0.2, 0.25) is 0 Å². The van der Waals surface area contributed by atoms with Gasteiger partial charge in [-0.2, -0.15) is 5.26 Å². The van der Waals surface area contributed by atoms with Gasteiger partial charge < -0.3 is 0 Å². The monoisotopic (exact) mass is 215 g/mol. The zero-order chi connectivity index (χ0) is 10.7. The second kappa shape index (κ2) is 4.46. The number of rotatable bonds is 3. The normalized spacial score (nSPS) is 10.4. The van der Waals surface area contributed by atoms with Crippen LogP contribution < -0.4 is 0 Å². The standard InChI is InChI=1S/C13H13NS/c1-2-3-6-11-10-7-4-5-8-12(10)15-13(11)9-14/h4-5,7-8H,2-3,6H2,1H3. The summed E-state index contributed by atoms with van der Waals surface area (Å²) in [7, 11) is 0.